The maximum Gasteiger partial charge on any atom is 0.407 e. The highest BCUT2D eigenvalue weighted by Gasteiger charge is 2.48. The summed E-state index contributed by atoms with van der Waals surface area (Å²) in [6.07, 6.45) is 3.25. The van der Waals surface area contributed by atoms with Crippen LogP contribution in [-0.2, 0) is 10.4 Å². The molecule has 2 aliphatic heterocycles. The van der Waals surface area contributed by atoms with Gasteiger partial charge in [0.25, 0.3) is 17.4 Å². The molecule has 0 unspecified atom stereocenters. The van der Waals surface area contributed by atoms with Gasteiger partial charge < -0.3 is 25.6 Å². The van der Waals surface area contributed by atoms with Crippen LogP contribution in [-0.4, -0.2) is 62.1 Å². The van der Waals surface area contributed by atoms with E-state index in [9.17, 15) is 19.2 Å². The van der Waals surface area contributed by atoms with Crippen molar-refractivity contribution in [1.82, 2.24) is 30.1 Å². The van der Waals surface area contributed by atoms with Crippen LogP contribution >= 0.6 is 11.3 Å². The lowest BCUT2D eigenvalue weighted by Crippen LogP contribution is -2.61. The van der Waals surface area contributed by atoms with E-state index >= 15 is 0 Å². The summed E-state index contributed by atoms with van der Waals surface area (Å²) in [6.45, 7) is 7.94. The molecule has 1 saturated carbocycles. The summed E-state index contributed by atoms with van der Waals surface area (Å²) in [7, 11) is 0. The Morgan fingerprint density at radius 2 is 1.92 bits per heavy atom. The Morgan fingerprint density at radius 3 is 2.59 bits per heavy atom. The largest absolute Gasteiger partial charge is 0.444 e. The summed E-state index contributed by atoms with van der Waals surface area (Å²) >= 11 is 1.24. The number of pyridine rings is 1. The number of anilines is 2. The zero-order chi connectivity index (χ0) is 27.7. The fourth-order valence-corrected chi connectivity index (χ4v) is 6.23. The molecule has 1 saturated heterocycles. The van der Waals surface area contributed by atoms with Gasteiger partial charge in [0.1, 0.15) is 39.6 Å². The molecule has 2 fully saturated rings. The van der Waals surface area contributed by atoms with Gasteiger partial charge in [-0.3, -0.25) is 19.0 Å². The van der Waals surface area contributed by atoms with Crippen molar-refractivity contribution in [2.75, 3.05) is 18.4 Å². The first-order valence-electron chi connectivity index (χ1n) is 12.8. The van der Waals surface area contributed by atoms with E-state index in [2.05, 4.69) is 25.9 Å². The van der Waals surface area contributed by atoms with Crippen molar-refractivity contribution in [3.63, 3.8) is 0 Å². The van der Waals surface area contributed by atoms with Gasteiger partial charge in [0.15, 0.2) is 0 Å². The maximum atomic E-state index is 13.5. The zero-order valence-electron chi connectivity index (χ0n) is 22.1. The third-order valence-corrected chi connectivity index (χ3v) is 8.28. The number of hydrogen-bond donors (Lipinski definition) is 3. The van der Waals surface area contributed by atoms with Crippen molar-refractivity contribution < 1.29 is 19.1 Å². The average Bonchev–Trinajstić information content (AvgIpc) is 3.38. The first-order chi connectivity index (χ1) is 18.4. The minimum Gasteiger partial charge on any atom is -0.444 e. The van der Waals surface area contributed by atoms with Gasteiger partial charge in [0.05, 0.1) is 16.3 Å². The van der Waals surface area contributed by atoms with Crippen LogP contribution in [0.25, 0.3) is 10.2 Å². The maximum absolute atomic E-state index is 13.5. The number of alkyl carbamates (subject to hydrolysis) is 1. The molecule has 0 atom stereocenters. The second kappa shape index (κ2) is 8.76. The van der Waals surface area contributed by atoms with Crippen LogP contribution in [0.2, 0.25) is 0 Å². The van der Waals surface area contributed by atoms with Crippen LogP contribution in [0.4, 0.5) is 16.3 Å². The van der Waals surface area contributed by atoms with Crippen molar-refractivity contribution in [1.29, 1.82) is 0 Å². The summed E-state index contributed by atoms with van der Waals surface area (Å²) in [5.74, 6) is 0.00677. The molecule has 3 aliphatic rings. The van der Waals surface area contributed by atoms with Crippen molar-refractivity contribution in [3.05, 3.63) is 44.9 Å². The fraction of sp³-hybridized carbons (Fsp3) is 0.462. The number of amides is 3. The molecule has 39 heavy (non-hydrogen) atoms. The first-order valence-corrected chi connectivity index (χ1v) is 13.7. The fourth-order valence-electron chi connectivity index (χ4n) is 5.26. The zero-order valence-corrected chi connectivity index (χ0v) is 22.9. The number of likely N-dealkylation sites (tertiary alicyclic amines) is 1. The molecule has 3 N–H and O–H groups in total. The van der Waals surface area contributed by atoms with Crippen LogP contribution in [0.15, 0.2) is 23.3 Å². The highest BCUT2D eigenvalue weighted by molar-refractivity contribution is 7.20. The van der Waals surface area contributed by atoms with Crippen LogP contribution in [0.3, 0.4) is 0 Å². The molecule has 12 nitrogen and oxygen atoms in total. The number of aromatic nitrogens is 3. The minimum absolute atomic E-state index is 0.170. The van der Waals surface area contributed by atoms with Gasteiger partial charge in [-0.15, -0.1) is 11.3 Å². The number of nitrogens with zero attached hydrogens (tertiary/aromatic N) is 4. The second-order valence-corrected chi connectivity index (χ2v) is 12.3. The van der Waals surface area contributed by atoms with Gasteiger partial charge in [-0.1, -0.05) is 0 Å². The third kappa shape index (κ3) is 4.30. The van der Waals surface area contributed by atoms with Crippen LogP contribution in [0.5, 0.6) is 0 Å². The number of aryl methyl sites for hydroxylation is 1. The Morgan fingerprint density at radius 1 is 1.18 bits per heavy atom. The molecule has 0 bridgehead atoms. The van der Waals surface area contributed by atoms with E-state index in [-0.39, 0.29) is 23.4 Å². The standard InChI is InChI=1S/C26H29N7O5S/c1-13-8-16(22(35)33-18(13)20(34)31-26(33)6-5-7-26)30-19-15-9-17(39-21(15)28-12-27-19)23(36)32-10-14(11-32)29-24(37)38-25(2,3)4/h8-9,12,14H,5-7,10-11H2,1-4H3,(H,29,37)(H,31,34)(H,27,28,30). The van der Waals surface area contributed by atoms with E-state index < -0.39 is 17.4 Å². The normalized spacial score (nSPS) is 17.8. The van der Waals surface area contributed by atoms with E-state index in [4.69, 9.17) is 4.74 Å². The van der Waals surface area contributed by atoms with E-state index in [1.54, 1.807) is 42.4 Å². The first kappa shape index (κ1) is 25.3. The van der Waals surface area contributed by atoms with Gasteiger partial charge in [-0.05, 0) is 64.7 Å². The van der Waals surface area contributed by atoms with Crippen molar-refractivity contribution >= 4 is 51.0 Å². The predicted octanol–water partition coefficient (Wildman–Crippen LogP) is 2.83. The Bertz CT molecular complexity index is 1590. The molecular formula is C26H29N7O5S. The summed E-state index contributed by atoms with van der Waals surface area (Å²) in [6, 6.07) is 3.21. The van der Waals surface area contributed by atoms with Gasteiger partial charge in [0.2, 0.25) is 0 Å². The predicted molar refractivity (Wildman–Crippen MR) is 144 cm³/mol. The number of carbonyl (C=O) groups is 3. The highest BCUT2D eigenvalue weighted by Crippen LogP contribution is 2.41. The van der Waals surface area contributed by atoms with Crippen LogP contribution in [0, 0.1) is 6.92 Å². The SMILES string of the molecule is Cc1cc(Nc2ncnc3sc(C(=O)N4CC(NC(=O)OC(C)(C)C)C4)cc23)c(=O)n2c1C(=O)NC21CCC1. The lowest BCUT2D eigenvalue weighted by Gasteiger charge is -2.39. The van der Waals surface area contributed by atoms with E-state index in [0.717, 1.165) is 6.42 Å². The smallest absolute Gasteiger partial charge is 0.407 e. The third-order valence-electron chi connectivity index (χ3n) is 7.24. The lowest BCUT2D eigenvalue weighted by atomic mass is 9.85. The lowest BCUT2D eigenvalue weighted by molar-refractivity contribution is 0.0361. The monoisotopic (exact) mass is 551 g/mol. The Balaban J connectivity index is 1.21. The quantitative estimate of drug-likeness (QED) is 0.449. The molecule has 3 aromatic heterocycles. The number of fused-ring (bicyclic) bond motifs is 3. The number of thiophene rings is 1. The van der Waals surface area contributed by atoms with E-state index in [0.29, 0.717) is 63.8 Å². The molecule has 1 aliphatic carbocycles. The van der Waals surface area contributed by atoms with Crippen molar-refractivity contribution in [2.45, 2.75) is 64.3 Å². The summed E-state index contributed by atoms with van der Waals surface area (Å²) in [5, 5.41) is 9.53. The Kier molecular flexibility index (Phi) is 5.68. The number of ether oxygens (including phenoxy) is 1. The highest BCUT2D eigenvalue weighted by atomic mass is 32.1. The summed E-state index contributed by atoms with van der Waals surface area (Å²) < 4.78 is 6.86. The number of carbonyl (C=O) groups excluding carboxylic acids is 3. The summed E-state index contributed by atoms with van der Waals surface area (Å²) in [4.78, 5) is 62.6. The van der Waals surface area contributed by atoms with Gasteiger partial charge in [-0.25, -0.2) is 14.8 Å². The van der Waals surface area contributed by atoms with Crippen molar-refractivity contribution in [3.8, 4) is 0 Å². The van der Waals surface area contributed by atoms with Crippen molar-refractivity contribution in [2.24, 2.45) is 0 Å². The van der Waals surface area contributed by atoms with E-state index in [1.165, 1.54) is 17.7 Å². The van der Waals surface area contributed by atoms with E-state index in [1.807, 2.05) is 6.92 Å². The molecule has 204 valence electrons. The molecular weight excluding hydrogens is 522 g/mol. The molecule has 5 heterocycles. The van der Waals surface area contributed by atoms with Gasteiger partial charge in [-0.2, -0.15) is 0 Å². The molecule has 6 rings (SSSR count). The molecule has 1 spiro atoms. The number of nitrogens with one attached hydrogen (secondary N) is 3. The van der Waals surface area contributed by atoms with Crippen LogP contribution < -0.4 is 21.5 Å². The average molecular weight is 552 g/mol. The Hall–Kier alpha value is -4.00. The number of rotatable bonds is 4. The van der Waals surface area contributed by atoms with Crippen LogP contribution in [0.1, 0.15) is 65.8 Å². The summed E-state index contributed by atoms with van der Waals surface area (Å²) in [5.41, 5.74) is -0.146. The molecule has 3 aromatic rings. The molecule has 0 aromatic carbocycles. The topological polar surface area (TPSA) is 148 Å². The number of hydrogen-bond acceptors (Lipinski definition) is 9. The molecule has 13 heteroatoms. The second-order valence-electron chi connectivity index (χ2n) is 11.3. The van der Waals surface area contributed by atoms with Gasteiger partial charge >= 0.3 is 6.09 Å². The minimum atomic E-state index is -0.650. The molecule has 0 radical (unpaired) electrons. The Labute approximate surface area is 227 Å². The van der Waals surface area contributed by atoms with Gasteiger partial charge in [0, 0.05) is 13.1 Å². The molecule has 3 amide bonds.